The van der Waals surface area contributed by atoms with Crippen LogP contribution in [-0.4, -0.2) is 28.5 Å². The van der Waals surface area contributed by atoms with Gasteiger partial charge in [-0.15, -0.1) is 0 Å². The molecule has 0 amide bonds. The van der Waals surface area contributed by atoms with Crippen molar-refractivity contribution in [1.29, 1.82) is 0 Å². The second-order valence-electron chi connectivity index (χ2n) is 3.69. The molecule has 0 unspecified atom stereocenters. The lowest BCUT2D eigenvalue weighted by atomic mass is 10.1. The van der Waals surface area contributed by atoms with Gasteiger partial charge in [-0.2, -0.15) is 4.98 Å². The highest BCUT2D eigenvalue weighted by Crippen LogP contribution is 2.22. The van der Waals surface area contributed by atoms with Gasteiger partial charge >= 0.3 is 0 Å². The minimum Gasteiger partial charge on any atom is -0.394 e. The minimum absolute atomic E-state index is 0.222. The van der Waals surface area contributed by atoms with E-state index in [1.165, 1.54) is 0 Å². The van der Waals surface area contributed by atoms with E-state index in [1.807, 2.05) is 20.8 Å². The molecule has 1 aromatic heterocycles. The zero-order valence-corrected chi connectivity index (χ0v) is 9.23. The van der Waals surface area contributed by atoms with Crippen LogP contribution in [0.4, 0.5) is 0 Å². The molecule has 1 aromatic rings. The summed E-state index contributed by atoms with van der Waals surface area (Å²) in [7, 11) is 0. The van der Waals surface area contributed by atoms with Crippen LogP contribution in [0, 0.1) is 0 Å². The summed E-state index contributed by atoms with van der Waals surface area (Å²) in [5.41, 5.74) is 4.93. The molecule has 15 heavy (non-hydrogen) atoms. The van der Waals surface area contributed by atoms with Crippen molar-refractivity contribution >= 4 is 0 Å². The molecule has 0 saturated carbocycles. The van der Waals surface area contributed by atoms with Crippen LogP contribution in [0.25, 0.3) is 0 Å². The van der Waals surface area contributed by atoms with Gasteiger partial charge in [-0.1, -0.05) is 5.16 Å². The van der Waals surface area contributed by atoms with Gasteiger partial charge < -0.3 is 20.1 Å². The Kier molecular flexibility index (Phi) is 3.78. The number of hydrogen-bond acceptors (Lipinski definition) is 6. The summed E-state index contributed by atoms with van der Waals surface area (Å²) < 4.78 is 10.4. The van der Waals surface area contributed by atoms with Gasteiger partial charge in [-0.05, 0) is 20.8 Å². The maximum Gasteiger partial charge on any atom is 0.246 e. The van der Waals surface area contributed by atoms with Crippen LogP contribution < -0.4 is 5.73 Å². The van der Waals surface area contributed by atoms with E-state index in [1.54, 1.807) is 0 Å². The predicted octanol–water partition coefficient (Wildman–Crippen LogP) is 0.333. The molecule has 0 spiro atoms. The molecule has 0 radical (unpaired) electrons. The number of nitrogens with zero attached hydrogens (tertiary/aromatic N) is 2. The number of aliphatic hydroxyl groups is 1. The third-order valence-electron chi connectivity index (χ3n) is 2.00. The summed E-state index contributed by atoms with van der Waals surface area (Å²) in [4.78, 5) is 4.08. The number of aliphatic hydroxyl groups excluding tert-OH is 1. The largest absolute Gasteiger partial charge is 0.394 e. The highest BCUT2D eigenvalue weighted by atomic mass is 16.5. The van der Waals surface area contributed by atoms with Crippen molar-refractivity contribution in [3.63, 3.8) is 0 Å². The van der Waals surface area contributed by atoms with Crippen LogP contribution in [0.1, 0.15) is 38.5 Å². The molecule has 0 aliphatic carbocycles. The molecule has 0 saturated heterocycles. The second-order valence-corrected chi connectivity index (χ2v) is 3.69. The topological polar surface area (TPSA) is 94.4 Å². The zero-order valence-electron chi connectivity index (χ0n) is 9.23. The molecule has 0 aromatic carbocycles. The van der Waals surface area contributed by atoms with Gasteiger partial charge in [0.05, 0.1) is 6.61 Å². The van der Waals surface area contributed by atoms with Crippen molar-refractivity contribution < 1.29 is 14.4 Å². The Morgan fingerprint density at radius 3 is 2.80 bits per heavy atom. The van der Waals surface area contributed by atoms with Crippen molar-refractivity contribution in [2.75, 3.05) is 13.2 Å². The molecule has 6 nitrogen and oxygen atoms in total. The van der Waals surface area contributed by atoms with Gasteiger partial charge in [0.1, 0.15) is 11.6 Å². The average Bonchev–Trinajstić information content (AvgIpc) is 2.66. The van der Waals surface area contributed by atoms with Crippen LogP contribution in [0.5, 0.6) is 0 Å². The highest BCUT2D eigenvalue weighted by Gasteiger charge is 2.28. The summed E-state index contributed by atoms with van der Waals surface area (Å²) in [5.74, 6) is 0.656. The Bertz CT molecular complexity index is 311. The summed E-state index contributed by atoms with van der Waals surface area (Å²) >= 11 is 0. The second kappa shape index (κ2) is 4.69. The third kappa shape index (κ3) is 2.74. The number of aromatic nitrogens is 2. The van der Waals surface area contributed by atoms with E-state index >= 15 is 0 Å². The maximum absolute atomic E-state index is 8.82. The standard InChI is InChI=1S/C9H17N3O3/c1-4-14-9(2,3)8-11-7(15-12-8)6(10)5-13/h6,13H,4-5,10H2,1-3H3/t6-/m1/s1. The van der Waals surface area contributed by atoms with Gasteiger partial charge in [0.15, 0.2) is 0 Å². The number of hydrogen-bond donors (Lipinski definition) is 2. The van der Waals surface area contributed by atoms with Gasteiger partial charge in [-0.25, -0.2) is 0 Å². The number of nitrogens with two attached hydrogens (primary N) is 1. The number of ether oxygens (including phenoxy) is 1. The minimum atomic E-state index is -0.635. The first kappa shape index (κ1) is 12.1. The van der Waals surface area contributed by atoms with Crippen LogP contribution in [0.3, 0.4) is 0 Å². The summed E-state index contributed by atoms with van der Waals surface area (Å²) in [6.45, 7) is 5.91. The molecule has 1 atom stereocenters. The SMILES string of the molecule is CCOC(C)(C)c1noc([C@H](N)CO)n1. The van der Waals surface area contributed by atoms with Gasteiger partial charge in [-0.3, -0.25) is 0 Å². The molecule has 0 aliphatic heterocycles. The molecular formula is C9H17N3O3. The molecule has 1 heterocycles. The Labute approximate surface area is 88.4 Å². The van der Waals surface area contributed by atoms with Gasteiger partial charge in [0, 0.05) is 6.61 Å². The monoisotopic (exact) mass is 215 g/mol. The van der Waals surface area contributed by atoms with Crippen molar-refractivity contribution in [3.05, 3.63) is 11.7 Å². The van der Waals surface area contributed by atoms with Crippen molar-refractivity contribution in [1.82, 2.24) is 10.1 Å². The average molecular weight is 215 g/mol. The van der Waals surface area contributed by atoms with Crippen LogP contribution >= 0.6 is 0 Å². The fraction of sp³-hybridized carbons (Fsp3) is 0.778. The lowest BCUT2D eigenvalue weighted by Gasteiger charge is -2.19. The Morgan fingerprint density at radius 2 is 2.27 bits per heavy atom. The normalized spacial score (nSPS) is 14.2. The van der Waals surface area contributed by atoms with E-state index in [9.17, 15) is 0 Å². The fourth-order valence-corrected chi connectivity index (χ4v) is 1.13. The van der Waals surface area contributed by atoms with Gasteiger partial charge in [0.2, 0.25) is 11.7 Å². The molecule has 86 valence electrons. The Hall–Kier alpha value is -0.980. The van der Waals surface area contributed by atoms with E-state index in [0.29, 0.717) is 12.4 Å². The maximum atomic E-state index is 8.82. The van der Waals surface area contributed by atoms with E-state index in [-0.39, 0.29) is 12.5 Å². The zero-order chi connectivity index (χ0) is 11.5. The smallest absolute Gasteiger partial charge is 0.246 e. The fourth-order valence-electron chi connectivity index (χ4n) is 1.13. The molecule has 0 bridgehead atoms. The molecular weight excluding hydrogens is 198 g/mol. The first-order valence-electron chi connectivity index (χ1n) is 4.85. The van der Waals surface area contributed by atoms with E-state index in [4.69, 9.17) is 20.1 Å². The first-order valence-corrected chi connectivity index (χ1v) is 4.85. The molecule has 6 heteroatoms. The lowest BCUT2D eigenvalue weighted by molar-refractivity contribution is -0.0221. The summed E-state index contributed by atoms with van der Waals surface area (Å²) in [6.07, 6.45) is 0. The van der Waals surface area contributed by atoms with Crippen molar-refractivity contribution in [3.8, 4) is 0 Å². The summed E-state index contributed by atoms with van der Waals surface area (Å²) in [5, 5.41) is 12.6. The Balaban J connectivity index is 2.83. The van der Waals surface area contributed by atoms with E-state index < -0.39 is 11.6 Å². The van der Waals surface area contributed by atoms with Gasteiger partial charge in [0.25, 0.3) is 0 Å². The third-order valence-corrected chi connectivity index (χ3v) is 2.00. The Morgan fingerprint density at radius 1 is 1.60 bits per heavy atom. The summed E-state index contributed by atoms with van der Waals surface area (Å²) in [6, 6.07) is -0.635. The quantitative estimate of drug-likeness (QED) is 0.735. The molecule has 0 aliphatic rings. The van der Waals surface area contributed by atoms with Crippen molar-refractivity contribution in [2.45, 2.75) is 32.4 Å². The first-order chi connectivity index (χ1) is 7.01. The van der Waals surface area contributed by atoms with Crippen molar-refractivity contribution in [2.24, 2.45) is 5.73 Å². The van der Waals surface area contributed by atoms with Crippen LogP contribution in [-0.2, 0) is 10.3 Å². The predicted molar refractivity (Wildman–Crippen MR) is 53.0 cm³/mol. The molecule has 1 rings (SSSR count). The van der Waals surface area contributed by atoms with Crippen LogP contribution in [0.15, 0.2) is 4.52 Å². The van der Waals surface area contributed by atoms with Crippen LogP contribution in [0.2, 0.25) is 0 Å². The van der Waals surface area contributed by atoms with E-state index in [0.717, 1.165) is 0 Å². The number of rotatable bonds is 5. The highest BCUT2D eigenvalue weighted by molar-refractivity contribution is 4.99. The molecule has 3 N–H and O–H groups in total. The lowest BCUT2D eigenvalue weighted by Crippen LogP contribution is -2.23. The molecule has 0 fully saturated rings. The van der Waals surface area contributed by atoms with E-state index in [2.05, 4.69) is 10.1 Å².